The average Bonchev–Trinajstić information content (AvgIpc) is 2.17. The summed E-state index contributed by atoms with van der Waals surface area (Å²) in [6, 6.07) is 7.78. The van der Waals surface area contributed by atoms with Crippen molar-refractivity contribution in [3.63, 3.8) is 0 Å². The summed E-state index contributed by atoms with van der Waals surface area (Å²) in [5.74, 6) is -0.848. The van der Waals surface area contributed by atoms with Crippen LogP contribution < -0.4 is 5.32 Å². The van der Waals surface area contributed by atoms with Gasteiger partial charge < -0.3 is 5.11 Å². The molecule has 0 saturated heterocycles. The second-order valence-electron chi connectivity index (χ2n) is 3.91. The Kier molecular flexibility index (Phi) is 3.88. The van der Waals surface area contributed by atoms with Crippen molar-refractivity contribution >= 4 is 21.9 Å². The number of carboxylic acids is 1. The summed E-state index contributed by atoms with van der Waals surface area (Å²) in [5.41, 5.74) is 0.167. The Labute approximate surface area is 97.6 Å². The van der Waals surface area contributed by atoms with Crippen molar-refractivity contribution in [1.29, 1.82) is 0 Å². The van der Waals surface area contributed by atoms with Crippen molar-refractivity contribution in [3.05, 3.63) is 34.3 Å². The van der Waals surface area contributed by atoms with Crippen molar-refractivity contribution in [2.45, 2.75) is 25.9 Å². The number of carbonyl (C=O) groups is 1. The normalized spacial score (nSPS) is 11.4. The quantitative estimate of drug-likeness (QED) is 0.884. The first-order chi connectivity index (χ1) is 6.92. The zero-order valence-electron chi connectivity index (χ0n) is 8.75. The molecular formula is C11H14BrNO2. The van der Waals surface area contributed by atoms with E-state index >= 15 is 0 Å². The lowest BCUT2D eigenvalue weighted by atomic mass is 10.1. The van der Waals surface area contributed by atoms with Gasteiger partial charge in [-0.1, -0.05) is 28.1 Å². The lowest BCUT2D eigenvalue weighted by Gasteiger charge is -2.20. The summed E-state index contributed by atoms with van der Waals surface area (Å²) < 4.78 is 1.02. The molecule has 82 valence electrons. The molecule has 1 aromatic carbocycles. The molecule has 0 fully saturated rings. The monoisotopic (exact) mass is 271 g/mol. The Balaban J connectivity index is 2.57. The maximum Gasteiger partial charge on any atom is 0.323 e. The summed E-state index contributed by atoms with van der Waals surface area (Å²) >= 11 is 3.34. The highest BCUT2D eigenvalue weighted by Gasteiger charge is 2.25. The maximum absolute atomic E-state index is 10.8. The van der Waals surface area contributed by atoms with Crippen molar-refractivity contribution in [1.82, 2.24) is 5.32 Å². The molecule has 0 spiro atoms. The maximum atomic E-state index is 10.8. The summed E-state index contributed by atoms with van der Waals surface area (Å²) in [6.45, 7) is 3.84. The standard InChI is InChI=1S/C11H14BrNO2/c1-11(2,10(14)15)13-7-8-3-5-9(12)6-4-8/h3-6,13H,7H2,1-2H3,(H,14,15). The number of halogens is 1. The molecule has 3 nitrogen and oxygen atoms in total. The van der Waals surface area contributed by atoms with Crippen LogP contribution in [0.2, 0.25) is 0 Å². The van der Waals surface area contributed by atoms with Gasteiger partial charge in [-0.2, -0.15) is 0 Å². The Morgan fingerprint density at radius 3 is 2.40 bits per heavy atom. The molecule has 0 bridgehead atoms. The zero-order chi connectivity index (χ0) is 11.5. The van der Waals surface area contributed by atoms with Gasteiger partial charge in [-0.3, -0.25) is 10.1 Å². The molecule has 0 aliphatic rings. The molecule has 0 radical (unpaired) electrons. The number of aliphatic carboxylic acids is 1. The van der Waals surface area contributed by atoms with E-state index in [0.717, 1.165) is 10.0 Å². The second kappa shape index (κ2) is 4.77. The molecule has 2 N–H and O–H groups in total. The fourth-order valence-electron chi connectivity index (χ4n) is 1.00. The van der Waals surface area contributed by atoms with Crippen LogP contribution in [0.5, 0.6) is 0 Å². The topological polar surface area (TPSA) is 49.3 Å². The lowest BCUT2D eigenvalue weighted by Crippen LogP contribution is -2.46. The van der Waals surface area contributed by atoms with Gasteiger partial charge in [0.1, 0.15) is 5.54 Å². The van der Waals surface area contributed by atoms with Gasteiger partial charge in [0.2, 0.25) is 0 Å². The lowest BCUT2D eigenvalue weighted by molar-refractivity contribution is -0.143. The summed E-state index contributed by atoms with van der Waals surface area (Å²) in [6.07, 6.45) is 0. The third kappa shape index (κ3) is 3.64. The van der Waals surface area contributed by atoms with Gasteiger partial charge in [-0.15, -0.1) is 0 Å². The van der Waals surface area contributed by atoms with Gasteiger partial charge >= 0.3 is 5.97 Å². The third-order valence-corrected chi connectivity index (χ3v) is 2.71. The number of hydrogen-bond acceptors (Lipinski definition) is 2. The van der Waals surface area contributed by atoms with Crippen LogP contribution >= 0.6 is 15.9 Å². The molecule has 0 unspecified atom stereocenters. The highest BCUT2D eigenvalue weighted by molar-refractivity contribution is 9.10. The van der Waals surface area contributed by atoms with Crippen LogP contribution in [0.4, 0.5) is 0 Å². The van der Waals surface area contributed by atoms with E-state index in [1.165, 1.54) is 0 Å². The van der Waals surface area contributed by atoms with E-state index in [4.69, 9.17) is 5.11 Å². The minimum Gasteiger partial charge on any atom is -0.480 e. The largest absolute Gasteiger partial charge is 0.480 e. The van der Waals surface area contributed by atoms with Crippen molar-refractivity contribution in [2.75, 3.05) is 0 Å². The van der Waals surface area contributed by atoms with Crippen LogP contribution in [0.25, 0.3) is 0 Å². The summed E-state index contributed by atoms with van der Waals surface area (Å²) in [4.78, 5) is 10.8. The van der Waals surface area contributed by atoms with Crippen LogP contribution in [0.15, 0.2) is 28.7 Å². The third-order valence-electron chi connectivity index (χ3n) is 2.18. The van der Waals surface area contributed by atoms with E-state index < -0.39 is 11.5 Å². The molecule has 15 heavy (non-hydrogen) atoms. The molecule has 0 aromatic heterocycles. The molecule has 0 aliphatic carbocycles. The first-order valence-corrected chi connectivity index (χ1v) is 5.44. The average molecular weight is 272 g/mol. The van der Waals surface area contributed by atoms with Crippen LogP contribution in [0, 0.1) is 0 Å². The Hall–Kier alpha value is -0.870. The first-order valence-electron chi connectivity index (χ1n) is 4.65. The van der Waals surface area contributed by atoms with Crippen LogP contribution in [-0.2, 0) is 11.3 Å². The van der Waals surface area contributed by atoms with E-state index in [0.29, 0.717) is 6.54 Å². The van der Waals surface area contributed by atoms with Crippen LogP contribution in [-0.4, -0.2) is 16.6 Å². The fourth-order valence-corrected chi connectivity index (χ4v) is 1.27. The molecule has 0 heterocycles. The van der Waals surface area contributed by atoms with Crippen molar-refractivity contribution in [3.8, 4) is 0 Å². The van der Waals surface area contributed by atoms with E-state index in [-0.39, 0.29) is 0 Å². The molecule has 1 aromatic rings. The highest BCUT2D eigenvalue weighted by atomic mass is 79.9. The van der Waals surface area contributed by atoms with Gasteiger partial charge in [-0.25, -0.2) is 0 Å². The zero-order valence-corrected chi connectivity index (χ0v) is 10.3. The molecular weight excluding hydrogens is 258 g/mol. The molecule has 0 atom stereocenters. The van der Waals surface area contributed by atoms with Crippen LogP contribution in [0.3, 0.4) is 0 Å². The fraction of sp³-hybridized carbons (Fsp3) is 0.364. The van der Waals surface area contributed by atoms with E-state index in [1.807, 2.05) is 24.3 Å². The SMILES string of the molecule is CC(C)(NCc1ccc(Br)cc1)C(=O)O. The molecule has 1 rings (SSSR count). The smallest absolute Gasteiger partial charge is 0.323 e. The minimum absolute atomic E-state index is 0.548. The number of rotatable bonds is 4. The van der Waals surface area contributed by atoms with Gasteiger partial charge in [-0.05, 0) is 31.5 Å². The number of nitrogens with one attached hydrogen (secondary N) is 1. The Morgan fingerprint density at radius 1 is 1.40 bits per heavy atom. The predicted molar refractivity (Wildman–Crippen MR) is 62.7 cm³/mol. The summed E-state index contributed by atoms with van der Waals surface area (Å²) in [5, 5.41) is 11.9. The Morgan fingerprint density at radius 2 is 1.93 bits per heavy atom. The minimum atomic E-state index is -0.896. The number of benzene rings is 1. The second-order valence-corrected chi connectivity index (χ2v) is 4.83. The predicted octanol–water partition coefficient (Wildman–Crippen LogP) is 2.40. The summed E-state index contributed by atoms with van der Waals surface area (Å²) in [7, 11) is 0. The number of hydrogen-bond donors (Lipinski definition) is 2. The Bertz CT molecular complexity index is 346. The van der Waals surface area contributed by atoms with Gasteiger partial charge in [0.05, 0.1) is 0 Å². The van der Waals surface area contributed by atoms with Crippen molar-refractivity contribution < 1.29 is 9.90 Å². The molecule has 4 heteroatoms. The van der Waals surface area contributed by atoms with Crippen LogP contribution in [0.1, 0.15) is 19.4 Å². The molecule has 0 saturated carbocycles. The molecule has 0 aliphatic heterocycles. The van der Waals surface area contributed by atoms with Gasteiger partial charge in [0.15, 0.2) is 0 Å². The van der Waals surface area contributed by atoms with Crippen molar-refractivity contribution in [2.24, 2.45) is 0 Å². The highest BCUT2D eigenvalue weighted by Crippen LogP contribution is 2.11. The first kappa shape index (κ1) is 12.2. The van der Waals surface area contributed by atoms with Gasteiger partial charge in [0.25, 0.3) is 0 Å². The van der Waals surface area contributed by atoms with E-state index in [1.54, 1.807) is 13.8 Å². The van der Waals surface area contributed by atoms with E-state index in [9.17, 15) is 4.79 Å². The number of carboxylic acid groups (broad SMARTS) is 1. The van der Waals surface area contributed by atoms with E-state index in [2.05, 4.69) is 21.2 Å². The van der Waals surface area contributed by atoms with Gasteiger partial charge in [0, 0.05) is 11.0 Å². The molecule has 0 amide bonds.